The topological polar surface area (TPSA) is 53.1 Å². The molecule has 2 N–H and O–H groups in total. The first-order valence-electron chi connectivity index (χ1n) is 7.35. The number of rotatable bonds is 6. The van der Waals surface area contributed by atoms with Gasteiger partial charge in [0.05, 0.1) is 0 Å². The lowest BCUT2D eigenvalue weighted by molar-refractivity contribution is 0.389. The summed E-state index contributed by atoms with van der Waals surface area (Å²) in [6, 6.07) is 2.05. The van der Waals surface area contributed by atoms with Crippen LogP contribution in [0.5, 0.6) is 0 Å². The van der Waals surface area contributed by atoms with Crippen molar-refractivity contribution in [2.45, 2.75) is 26.7 Å². The maximum atomic E-state index is 4.34. The van der Waals surface area contributed by atoms with Crippen molar-refractivity contribution < 1.29 is 0 Å². The molecule has 19 heavy (non-hydrogen) atoms. The first-order valence-corrected chi connectivity index (χ1v) is 7.35. The predicted molar refractivity (Wildman–Crippen MR) is 79.7 cm³/mol. The molecule has 1 saturated heterocycles. The summed E-state index contributed by atoms with van der Waals surface area (Å²) in [7, 11) is 0. The largest absolute Gasteiger partial charge is 0.370 e. The van der Waals surface area contributed by atoms with Crippen LogP contribution in [0, 0.1) is 5.92 Å². The number of anilines is 2. The van der Waals surface area contributed by atoms with Gasteiger partial charge in [0.25, 0.3) is 0 Å². The summed E-state index contributed by atoms with van der Waals surface area (Å²) in [5.74, 6) is 2.70. The molecule has 2 heterocycles. The quantitative estimate of drug-likeness (QED) is 0.818. The monoisotopic (exact) mass is 263 g/mol. The van der Waals surface area contributed by atoms with Gasteiger partial charge >= 0.3 is 0 Å². The molecule has 2 rings (SSSR count). The second kappa shape index (κ2) is 7.28. The van der Waals surface area contributed by atoms with Gasteiger partial charge in [-0.1, -0.05) is 0 Å². The fourth-order valence-electron chi connectivity index (χ4n) is 2.50. The normalized spacial score (nSPS) is 16.3. The standard InChI is InChI=1S/C14H25N5/c1-3-19(4-2)14-9-13(17-11-18-14)16-10-12-5-7-15-8-6-12/h9,11-12,15H,3-8,10H2,1-2H3,(H,16,17,18). The zero-order valence-corrected chi connectivity index (χ0v) is 12.0. The Morgan fingerprint density at radius 2 is 2.00 bits per heavy atom. The van der Waals surface area contributed by atoms with E-state index in [9.17, 15) is 0 Å². The summed E-state index contributed by atoms with van der Waals surface area (Å²) in [5.41, 5.74) is 0. The molecule has 0 aliphatic carbocycles. The van der Waals surface area contributed by atoms with Crippen LogP contribution in [0.15, 0.2) is 12.4 Å². The van der Waals surface area contributed by atoms with E-state index in [1.165, 1.54) is 12.8 Å². The Morgan fingerprint density at radius 1 is 1.26 bits per heavy atom. The van der Waals surface area contributed by atoms with Crippen molar-refractivity contribution in [2.75, 3.05) is 42.9 Å². The van der Waals surface area contributed by atoms with Crippen molar-refractivity contribution in [1.29, 1.82) is 0 Å². The van der Waals surface area contributed by atoms with E-state index in [0.29, 0.717) is 0 Å². The molecule has 0 aromatic carbocycles. The Labute approximate surface area is 115 Å². The number of nitrogens with zero attached hydrogens (tertiary/aromatic N) is 3. The minimum Gasteiger partial charge on any atom is -0.370 e. The third kappa shape index (κ3) is 4.06. The van der Waals surface area contributed by atoms with Crippen molar-refractivity contribution >= 4 is 11.6 Å². The molecule has 0 amide bonds. The summed E-state index contributed by atoms with van der Waals surface area (Å²) >= 11 is 0. The predicted octanol–water partition coefficient (Wildman–Crippen LogP) is 1.73. The fraction of sp³-hybridized carbons (Fsp3) is 0.714. The molecule has 0 atom stereocenters. The molecule has 1 fully saturated rings. The van der Waals surface area contributed by atoms with Crippen LogP contribution in [0.4, 0.5) is 11.6 Å². The van der Waals surface area contributed by atoms with Crippen LogP contribution < -0.4 is 15.5 Å². The molecule has 5 heteroatoms. The molecule has 0 spiro atoms. The average Bonchev–Trinajstić information content (AvgIpc) is 2.48. The average molecular weight is 263 g/mol. The summed E-state index contributed by atoms with van der Waals surface area (Å²) in [6.07, 6.45) is 4.15. The SMILES string of the molecule is CCN(CC)c1cc(NCC2CCNCC2)ncn1. The summed E-state index contributed by atoms with van der Waals surface area (Å²) in [5, 5.41) is 6.84. The van der Waals surface area contributed by atoms with Gasteiger partial charge in [-0.25, -0.2) is 9.97 Å². The van der Waals surface area contributed by atoms with Crippen molar-refractivity contribution in [1.82, 2.24) is 15.3 Å². The molecule has 5 nitrogen and oxygen atoms in total. The minimum atomic E-state index is 0.758. The van der Waals surface area contributed by atoms with Gasteiger partial charge in [-0.05, 0) is 45.7 Å². The molecule has 1 aliphatic heterocycles. The number of nitrogens with one attached hydrogen (secondary N) is 2. The number of piperidine rings is 1. The van der Waals surface area contributed by atoms with Crippen molar-refractivity contribution in [2.24, 2.45) is 5.92 Å². The Morgan fingerprint density at radius 3 is 2.68 bits per heavy atom. The van der Waals surface area contributed by atoms with Crippen molar-refractivity contribution in [3.05, 3.63) is 12.4 Å². The zero-order valence-electron chi connectivity index (χ0n) is 12.0. The molecular weight excluding hydrogens is 238 g/mol. The van der Waals surface area contributed by atoms with Crippen LogP contribution >= 0.6 is 0 Å². The Bertz CT molecular complexity index is 372. The first-order chi connectivity index (χ1) is 9.33. The van der Waals surface area contributed by atoms with Crippen LogP contribution in [0.25, 0.3) is 0 Å². The smallest absolute Gasteiger partial charge is 0.134 e. The molecule has 0 saturated carbocycles. The highest BCUT2D eigenvalue weighted by Gasteiger charge is 2.13. The van der Waals surface area contributed by atoms with Gasteiger partial charge in [0.15, 0.2) is 0 Å². The van der Waals surface area contributed by atoms with E-state index in [1.807, 2.05) is 6.07 Å². The highest BCUT2D eigenvalue weighted by Crippen LogP contribution is 2.16. The Balaban J connectivity index is 1.90. The maximum absolute atomic E-state index is 4.34. The van der Waals surface area contributed by atoms with Gasteiger partial charge in [0.1, 0.15) is 18.0 Å². The molecule has 0 radical (unpaired) electrons. The van der Waals surface area contributed by atoms with Crippen molar-refractivity contribution in [3.8, 4) is 0 Å². The lowest BCUT2D eigenvalue weighted by Gasteiger charge is -2.23. The molecule has 0 unspecified atom stereocenters. The van der Waals surface area contributed by atoms with E-state index >= 15 is 0 Å². The molecule has 1 aromatic rings. The van der Waals surface area contributed by atoms with Gasteiger partial charge in [-0.2, -0.15) is 0 Å². The van der Waals surface area contributed by atoms with Gasteiger partial charge in [0.2, 0.25) is 0 Å². The van der Waals surface area contributed by atoms with Gasteiger partial charge < -0.3 is 15.5 Å². The van der Waals surface area contributed by atoms with Crippen LogP contribution in [-0.2, 0) is 0 Å². The summed E-state index contributed by atoms with van der Waals surface area (Å²) in [6.45, 7) is 9.53. The second-order valence-corrected chi connectivity index (χ2v) is 5.01. The highest BCUT2D eigenvalue weighted by molar-refractivity contribution is 5.48. The van der Waals surface area contributed by atoms with Crippen LogP contribution in [-0.4, -0.2) is 42.7 Å². The zero-order chi connectivity index (χ0) is 13.5. The number of hydrogen-bond acceptors (Lipinski definition) is 5. The van der Waals surface area contributed by atoms with Crippen LogP contribution in [0.1, 0.15) is 26.7 Å². The van der Waals surface area contributed by atoms with Crippen molar-refractivity contribution in [3.63, 3.8) is 0 Å². The second-order valence-electron chi connectivity index (χ2n) is 5.01. The van der Waals surface area contributed by atoms with E-state index < -0.39 is 0 Å². The minimum absolute atomic E-state index is 0.758. The molecular formula is C14H25N5. The van der Waals surface area contributed by atoms with Gasteiger partial charge in [-0.3, -0.25) is 0 Å². The Kier molecular flexibility index (Phi) is 5.39. The third-order valence-corrected chi connectivity index (χ3v) is 3.77. The number of aromatic nitrogens is 2. The van der Waals surface area contributed by atoms with E-state index in [4.69, 9.17) is 0 Å². The lowest BCUT2D eigenvalue weighted by atomic mass is 9.98. The molecule has 1 aromatic heterocycles. The van der Waals surface area contributed by atoms with E-state index in [1.54, 1.807) is 6.33 Å². The van der Waals surface area contributed by atoms with Gasteiger partial charge in [-0.15, -0.1) is 0 Å². The Hall–Kier alpha value is -1.36. The van der Waals surface area contributed by atoms with Crippen LogP contribution in [0.3, 0.4) is 0 Å². The maximum Gasteiger partial charge on any atom is 0.134 e. The highest BCUT2D eigenvalue weighted by atomic mass is 15.2. The lowest BCUT2D eigenvalue weighted by Crippen LogP contribution is -2.31. The van der Waals surface area contributed by atoms with E-state index in [2.05, 4.69) is 39.3 Å². The molecule has 0 bridgehead atoms. The van der Waals surface area contributed by atoms with Crippen LogP contribution in [0.2, 0.25) is 0 Å². The van der Waals surface area contributed by atoms with E-state index in [-0.39, 0.29) is 0 Å². The molecule has 1 aliphatic rings. The molecule has 106 valence electrons. The summed E-state index contributed by atoms with van der Waals surface area (Å²) < 4.78 is 0. The summed E-state index contributed by atoms with van der Waals surface area (Å²) in [4.78, 5) is 10.9. The first kappa shape index (κ1) is 14.1. The third-order valence-electron chi connectivity index (χ3n) is 3.77. The number of hydrogen-bond donors (Lipinski definition) is 2. The van der Waals surface area contributed by atoms with Gasteiger partial charge in [0, 0.05) is 25.7 Å². The fourth-order valence-corrected chi connectivity index (χ4v) is 2.50. The van der Waals surface area contributed by atoms with E-state index in [0.717, 1.165) is 50.3 Å².